The van der Waals surface area contributed by atoms with Crippen molar-refractivity contribution in [3.8, 4) is 17.1 Å². The summed E-state index contributed by atoms with van der Waals surface area (Å²) >= 11 is 11.4. The summed E-state index contributed by atoms with van der Waals surface area (Å²) in [5.41, 5.74) is 2.40. The molecule has 3 aromatic rings. The number of amides is 1. The molecule has 3 rings (SSSR count). The highest BCUT2D eigenvalue weighted by atomic mass is 35.5. The van der Waals surface area contributed by atoms with Gasteiger partial charge in [-0.15, -0.1) is 0 Å². The summed E-state index contributed by atoms with van der Waals surface area (Å²) in [6, 6.07) is 12.7. The van der Waals surface area contributed by atoms with Crippen LogP contribution < -0.4 is 10.1 Å². The fourth-order valence-corrected chi connectivity index (χ4v) is 2.82. The maximum absolute atomic E-state index is 12.4. The second kappa shape index (κ2) is 7.72. The fraction of sp³-hybridized carbons (Fsp3) is 0.167. The summed E-state index contributed by atoms with van der Waals surface area (Å²) in [5, 5.41) is 10.4. The third kappa shape index (κ3) is 3.95. The van der Waals surface area contributed by atoms with Gasteiger partial charge in [-0.1, -0.05) is 17.7 Å². The summed E-state index contributed by atoms with van der Waals surface area (Å²) in [6.07, 6.45) is 0. The van der Waals surface area contributed by atoms with Crippen LogP contribution in [0.15, 0.2) is 42.5 Å². The Balaban J connectivity index is 1.81. The van der Waals surface area contributed by atoms with Crippen molar-refractivity contribution in [1.29, 1.82) is 0 Å². The van der Waals surface area contributed by atoms with Gasteiger partial charge in [-0.3, -0.25) is 14.5 Å². The van der Waals surface area contributed by atoms with E-state index in [9.17, 15) is 4.79 Å². The normalized spacial score (nSPS) is 10.6. The van der Waals surface area contributed by atoms with Crippen molar-refractivity contribution >= 4 is 35.4 Å². The van der Waals surface area contributed by atoms with Crippen LogP contribution in [0.5, 0.6) is 5.75 Å². The van der Waals surface area contributed by atoms with Gasteiger partial charge in [0, 0.05) is 16.3 Å². The van der Waals surface area contributed by atoms with Crippen LogP contribution in [-0.2, 0) is 11.3 Å². The lowest BCUT2D eigenvalue weighted by molar-refractivity contribution is -0.116. The van der Waals surface area contributed by atoms with E-state index in [0.29, 0.717) is 21.3 Å². The molecule has 134 valence electrons. The molecule has 0 unspecified atom stereocenters. The Labute approximate surface area is 160 Å². The van der Waals surface area contributed by atoms with Gasteiger partial charge in [-0.05, 0) is 61.1 Å². The summed E-state index contributed by atoms with van der Waals surface area (Å²) < 4.78 is 7.17. The maximum atomic E-state index is 12.4. The summed E-state index contributed by atoms with van der Waals surface area (Å²) in [5.74, 6) is 1.09. The molecule has 0 aliphatic heterocycles. The van der Waals surface area contributed by atoms with Crippen molar-refractivity contribution in [3.63, 3.8) is 0 Å². The van der Waals surface area contributed by atoms with Gasteiger partial charge in [0.15, 0.2) is 10.6 Å². The quantitative estimate of drug-likeness (QED) is 0.642. The van der Waals surface area contributed by atoms with Crippen LogP contribution in [-0.4, -0.2) is 27.8 Å². The van der Waals surface area contributed by atoms with Crippen molar-refractivity contribution < 1.29 is 9.53 Å². The van der Waals surface area contributed by atoms with E-state index in [0.717, 1.165) is 16.9 Å². The number of rotatable bonds is 5. The number of nitrogens with one attached hydrogen (secondary N) is 2. The summed E-state index contributed by atoms with van der Waals surface area (Å²) in [7, 11) is 1.60. The monoisotopic (exact) mass is 388 g/mol. The fourth-order valence-electron chi connectivity index (χ4n) is 2.44. The molecule has 26 heavy (non-hydrogen) atoms. The highest BCUT2D eigenvalue weighted by Gasteiger charge is 2.13. The number of hydrogen-bond acceptors (Lipinski definition) is 4. The average Bonchev–Trinajstić information content (AvgIpc) is 2.99. The van der Waals surface area contributed by atoms with Gasteiger partial charge in [0.2, 0.25) is 5.91 Å². The second-order valence-corrected chi connectivity index (χ2v) is 6.47. The zero-order valence-electron chi connectivity index (χ0n) is 14.2. The molecule has 8 heteroatoms. The molecule has 1 amide bonds. The molecular weight excluding hydrogens is 372 g/mol. The summed E-state index contributed by atoms with van der Waals surface area (Å²) in [4.78, 5) is 12.4. The van der Waals surface area contributed by atoms with Gasteiger partial charge >= 0.3 is 0 Å². The molecule has 2 aromatic carbocycles. The number of benzene rings is 2. The van der Waals surface area contributed by atoms with E-state index in [-0.39, 0.29) is 12.5 Å². The minimum absolute atomic E-state index is 0.0300. The highest BCUT2D eigenvalue weighted by Crippen LogP contribution is 2.22. The van der Waals surface area contributed by atoms with Crippen molar-refractivity contribution in [3.05, 3.63) is 57.8 Å². The number of aromatic nitrogens is 3. The summed E-state index contributed by atoms with van der Waals surface area (Å²) in [6.45, 7) is 1.93. The lowest BCUT2D eigenvalue weighted by Gasteiger charge is -2.09. The van der Waals surface area contributed by atoms with E-state index in [4.69, 9.17) is 28.6 Å². The van der Waals surface area contributed by atoms with Crippen LogP contribution in [0.2, 0.25) is 5.02 Å². The van der Waals surface area contributed by atoms with Crippen molar-refractivity contribution in [2.75, 3.05) is 12.4 Å². The van der Waals surface area contributed by atoms with Crippen LogP contribution in [0.25, 0.3) is 11.4 Å². The standard InChI is InChI=1S/C18H17ClN4O2S/c1-11-3-6-13(9-15(11)19)20-16(24)10-23-17(21-22-18(23)26)12-4-7-14(25-2)8-5-12/h3-9H,10H2,1-2H3,(H,20,24)(H,22,26). The highest BCUT2D eigenvalue weighted by molar-refractivity contribution is 7.71. The van der Waals surface area contributed by atoms with Gasteiger partial charge < -0.3 is 10.1 Å². The SMILES string of the molecule is COc1ccc(-c2n[nH]c(=S)n2CC(=O)Nc2ccc(C)c(Cl)c2)cc1. The van der Waals surface area contributed by atoms with Crippen LogP contribution in [0.4, 0.5) is 5.69 Å². The first kappa shape index (κ1) is 18.2. The lowest BCUT2D eigenvalue weighted by Crippen LogP contribution is -2.19. The van der Waals surface area contributed by atoms with E-state index in [1.165, 1.54) is 0 Å². The van der Waals surface area contributed by atoms with Crippen molar-refractivity contribution in [1.82, 2.24) is 14.8 Å². The second-order valence-electron chi connectivity index (χ2n) is 5.68. The molecule has 6 nitrogen and oxygen atoms in total. The number of anilines is 1. The van der Waals surface area contributed by atoms with Gasteiger partial charge in [0.25, 0.3) is 0 Å². The Bertz CT molecular complexity index is 995. The Hall–Kier alpha value is -2.64. The molecule has 1 aromatic heterocycles. The molecule has 0 saturated heterocycles. The number of methoxy groups -OCH3 is 1. The van der Waals surface area contributed by atoms with E-state index in [2.05, 4.69) is 15.5 Å². The number of nitrogens with zero attached hydrogens (tertiary/aromatic N) is 2. The zero-order chi connectivity index (χ0) is 18.7. The lowest BCUT2D eigenvalue weighted by atomic mass is 10.2. The number of carbonyl (C=O) groups is 1. The Morgan fingerprint density at radius 1 is 1.31 bits per heavy atom. The molecule has 0 aliphatic rings. The Morgan fingerprint density at radius 2 is 2.04 bits per heavy atom. The third-order valence-corrected chi connectivity index (χ3v) is 4.58. The predicted octanol–water partition coefficient (Wildman–Crippen LogP) is 4.22. The average molecular weight is 389 g/mol. The molecule has 0 fully saturated rings. The Kier molecular flexibility index (Phi) is 5.39. The molecule has 0 atom stereocenters. The van der Waals surface area contributed by atoms with Gasteiger partial charge in [-0.2, -0.15) is 5.10 Å². The van der Waals surface area contributed by atoms with E-state index >= 15 is 0 Å². The topological polar surface area (TPSA) is 71.9 Å². The molecule has 0 aliphatic carbocycles. The van der Waals surface area contributed by atoms with Crippen LogP contribution >= 0.6 is 23.8 Å². The molecule has 1 heterocycles. The minimum atomic E-state index is -0.225. The van der Waals surface area contributed by atoms with E-state index < -0.39 is 0 Å². The molecule has 0 bridgehead atoms. The van der Waals surface area contributed by atoms with Gasteiger partial charge in [-0.25, -0.2) is 0 Å². The first-order chi connectivity index (χ1) is 12.5. The molecule has 2 N–H and O–H groups in total. The van der Waals surface area contributed by atoms with Crippen molar-refractivity contribution in [2.24, 2.45) is 0 Å². The number of carbonyl (C=O) groups excluding carboxylic acids is 1. The van der Waals surface area contributed by atoms with E-state index in [1.54, 1.807) is 23.8 Å². The number of aryl methyl sites for hydroxylation is 1. The van der Waals surface area contributed by atoms with Crippen LogP contribution in [0.3, 0.4) is 0 Å². The minimum Gasteiger partial charge on any atom is -0.497 e. The first-order valence-corrected chi connectivity index (χ1v) is 8.62. The smallest absolute Gasteiger partial charge is 0.244 e. The van der Waals surface area contributed by atoms with Gasteiger partial charge in [0.1, 0.15) is 12.3 Å². The molecule has 0 radical (unpaired) electrons. The zero-order valence-corrected chi connectivity index (χ0v) is 15.8. The number of hydrogen-bond donors (Lipinski definition) is 2. The first-order valence-electron chi connectivity index (χ1n) is 7.83. The van der Waals surface area contributed by atoms with Crippen LogP contribution in [0, 0.1) is 11.7 Å². The number of aromatic amines is 1. The Morgan fingerprint density at radius 3 is 2.69 bits per heavy atom. The molecular formula is C18H17ClN4O2S. The number of halogens is 1. The maximum Gasteiger partial charge on any atom is 0.244 e. The molecule has 0 spiro atoms. The van der Waals surface area contributed by atoms with Crippen molar-refractivity contribution in [2.45, 2.75) is 13.5 Å². The number of H-pyrrole nitrogens is 1. The predicted molar refractivity (Wildman–Crippen MR) is 104 cm³/mol. The third-order valence-electron chi connectivity index (χ3n) is 3.86. The largest absolute Gasteiger partial charge is 0.497 e. The molecule has 0 saturated carbocycles. The van der Waals surface area contributed by atoms with Crippen LogP contribution in [0.1, 0.15) is 5.56 Å². The van der Waals surface area contributed by atoms with E-state index in [1.807, 2.05) is 37.3 Å². The van der Waals surface area contributed by atoms with Gasteiger partial charge in [0.05, 0.1) is 7.11 Å². The number of ether oxygens (including phenoxy) is 1.